The van der Waals surface area contributed by atoms with Gasteiger partial charge in [-0.3, -0.25) is 14.4 Å². The summed E-state index contributed by atoms with van der Waals surface area (Å²) in [7, 11) is 0. The van der Waals surface area contributed by atoms with E-state index in [1.807, 2.05) is 4.90 Å². The van der Waals surface area contributed by atoms with Crippen molar-refractivity contribution in [3.05, 3.63) is 41.4 Å². The molecule has 2 aromatic rings. The highest BCUT2D eigenvalue weighted by molar-refractivity contribution is 6.33. The Bertz CT molecular complexity index is 1120. The Balaban J connectivity index is 1.24. The van der Waals surface area contributed by atoms with E-state index in [1.165, 1.54) is 0 Å². The SMILES string of the molecule is O=C1CN(c2ccc(NC(=O)C3CC(=O)N(c4ccc5c(c4)OCCO5)C3)cc2Cl)CCN1. The maximum atomic E-state index is 12.9. The van der Waals surface area contributed by atoms with Gasteiger partial charge in [-0.2, -0.15) is 0 Å². The molecule has 0 spiro atoms. The fourth-order valence-electron chi connectivity index (χ4n) is 4.26. The van der Waals surface area contributed by atoms with Gasteiger partial charge in [0, 0.05) is 43.5 Å². The highest BCUT2D eigenvalue weighted by Crippen LogP contribution is 2.36. The second-order valence-electron chi connectivity index (χ2n) is 8.16. The fraction of sp³-hybridized carbons (Fsp3) is 0.348. The molecule has 1 unspecified atom stereocenters. The second kappa shape index (κ2) is 8.82. The molecule has 0 aromatic heterocycles. The van der Waals surface area contributed by atoms with E-state index >= 15 is 0 Å². The molecular formula is C23H23ClN4O5. The molecular weight excluding hydrogens is 448 g/mol. The number of carbonyl (C=O) groups excluding carboxylic acids is 3. The first-order chi connectivity index (χ1) is 16.0. The lowest BCUT2D eigenvalue weighted by atomic mass is 10.1. The molecule has 3 heterocycles. The average molecular weight is 471 g/mol. The molecule has 2 aromatic carbocycles. The summed E-state index contributed by atoms with van der Waals surface area (Å²) in [6, 6.07) is 10.5. The lowest BCUT2D eigenvalue weighted by molar-refractivity contribution is -0.122. The van der Waals surface area contributed by atoms with Gasteiger partial charge in [0.25, 0.3) is 0 Å². The van der Waals surface area contributed by atoms with E-state index in [0.717, 1.165) is 5.69 Å². The van der Waals surface area contributed by atoms with Gasteiger partial charge in [0.2, 0.25) is 17.7 Å². The zero-order valence-corrected chi connectivity index (χ0v) is 18.6. The third-order valence-corrected chi connectivity index (χ3v) is 6.23. The number of benzene rings is 2. The minimum atomic E-state index is -0.491. The minimum absolute atomic E-state index is 0.0526. The zero-order valence-electron chi connectivity index (χ0n) is 17.8. The van der Waals surface area contributed by atoms with Crippen LogP contribution < -0.4 is 29.9 Å². The highest BCUT2D eigenvalue weighted by atomic mass is 35.5. The number of piperazine rings is 1. The van der Waals surface area contributed by atoms with Crippen molar-refractivity contribution in [3.8, 4) is 11.5 Å². The van der Waals surface area contributed by atoms with Gasteiger partial charge in [-0.25, -0.2) is 0 Å². The molecule has 0 radical (unpaired) electrons. The van der Waals surface area contributed by atoms with Crippen molar-refractivity contribution in [2.75, 3.05) is 54.5 Å². The fourth-order valence-corrected chi connectivity index (χ4v) is 4.56. The van der Waals surface area contributed by atoms with Crippen LogP contribution in [0.5, 0.6) is 11.5 Å². The van der Waals surface area contributed by atoms with E-state index in [-0.39, 0.29) is 37.2 Å². The molecule has 2 fully saturated rings. The van der Waals surface area contributed by atoms with Crippen LogP contribution in [0, 0.1) is 5.92 Å². The summed E-state index contributed by atoms with van der Waals surface area (Å²) in [4.78, 5) is 40.6. The highest BCUT2D eigenvalue weighted by Gasteiger charge is 2.35. The largest absolute Gasteiger partial charge is 0.486 e. The maximum Gasteiger partial charge on any atom is 0.239 e. The number of anilines is 3. The van der Waals surface area contributed by atoms with Gasteiger partial charge in [0.05, 0.1) is 23.2 Å². The van der Waals surface area contributed by atoms with Crippen LogP contribution >= 0.6 is 11.6 Å². The van der Waals surface area contributed by atoms with Crippen molar-refractivity contribution in [2.24, 2.45) is 5.92 Å². The van der Waals surface area contributed by atoms with E-state index in [2.05, 4.69) is 10.6 Å². The molecule has 9 nitrogen and oxygen atoms in total. The van der Waals surface area contributed by atoms with Crippen molar-refractivity contribution in [3.63, 3.8) is 0 Å². The monoisotopic (exact) mass is 470 g/mol. The molecule has 3 aliphatic heterocycles. The molecule has 2 N–H and O–H groups in total. The molecule has 0 bridgehead atoms. The molecule has 5 rings (SSSR count). The van der Waals surface area contributed by atoms with Crippen LogP contribution in [0.25, 0.3) is 0 Å². The standard InChI is InChI=1S/C23H23ClN4O5/c24-17-10-15(1-3-18(17)27-6-5-25-21(29)13-27)26-23(31)14-9-22(30)28(12-14)16-2-4-19-20(11-16)33-8-7-32-19/h1-4,10-11,14H,5-9,12-13H2,(H,25,29)(H,26,31). The Morgan fingerprint density at radius 3 is 2.70 bits per heavy atom. The number of amides is 3. The summed E-state index contributed by atoms with van der Waals surface area (Å²) in [5.41, 5.74) is 1.96. The smallest absolute Gasteiger partial charge is 0.239 e. The number of nitrogens with zero attached hydrogens (tertiary/aromatic N) is 2. The molecule has 3 aliphatic rings. The summed E-state index contributed by atoms with van der Waals surface area (Å²) < 4.78 is 11.1. The predicted molar refractivity (Wildman–Crippen MR) is 123 cm³/mol. The Kier molecular flexibility index (Phi) is 5.72. The number of hydrogen-bond acceptors (Lipinski definition) is 6. The average Bonchev–Trinajstić information content (AvgIpc) is 3.20. The van der Waals surface area contributed by atoms with Crippen LogP contribution in [0.4, 0.5) is 17.1 Å². The van der Waals surface area contributed by atoms with Gasteiger partial charge < -0.3 is 29.9 Å². The van der Waals surface area contributed by atoms with Crippen LogP contribution in [0.15, 0.2) is 36.4 Å². The third kappa shape index (κ3) is 4.41. The van der Waals surface area contributed by atoms with Crippen LogP contribution in [-0.4, -0.2) is 57.1 Å². The topological polar surface area (TPSA) is 100 Å². The summed E-state index contributed by atoms with van der Waals surface area (Å²) >= 11 is 6.43. The van der Waals surface area contributed by atoms with Gasteiger partial charge in [-0.1, -0.05) is 11.6 Å². The number of ether oxygens (including phenoxy) is 2. The van der Waals surface area contributed by atoms with E-state index in [1.54, 1.807) is 41.3 Å². The molecule has 0 saturated carbocycles. The van der Waals surface area contributed by atoms with Gasteiger partial charge in [0.1, 0.15) is 13.2 Å². The molecule has 33 heavy (non-hydrogen) atoms. The molecule has 3 amide bonds. The van der Waals surface area contributed by atoms with E-state index in [4.69, 9.17) is 21.1 Å². The van der Waals surface area contributed by atoms with Crippen LogP contribution in [0.2, 0.25) is 5.02 Å². The summed E-state index contributed by atoms with van der Waals surface area (Å²) in [6.07, 6.45) is 0.120. The second-order valence-corrected chi connectivity index (χ2v) is 8.57. The third-order valence-electron chi connectivity index (χ3n) is 5.93. The van der Waals surface area contributed by atoms with Crippen LogP contribution in [0.3, 0.4) is 0 Å². The molecule has 2 saturated heterocycles. The number of fused-ring (bicyclic) bond motifs is 1. The zero-order chi connectivity index (χ0) is 22.9. The quantitative estimate of drug-likeness (QED) is 0.709. The molecule has 172 valence electrons. The summed E-state index contributed by atoms with van der Waals surface area (Å²) in [5.74, 6) is 0.336. The van der Waals surface area contributed by atoms with Crippen molar-refractivity contribution in [2.45, 2.75) is 6.42 Å². The first-order valence-corrected chi connectivity index (χ1v) is 11.2. The number of nitrogens with one attached hydrogen (secondary N) is 2. The molecule has 1 atom stereocenters. The van der Waals surface area contributed by atoms with Crippen molar-refractivity contribution in [1.82, 2.24) is 5.32 Å². The lowest BCUT2D eigenvalue weighted by Gasteiger charge is -2.29. The summed E-state index contributed by atoms with van der Waals surface area (Å²) in [6.45, 7) is 2.70. The summed E-state index contributed by atoms with van der Waals surface area (Å²) in [5, 5.41) is 6.09. The number of halogens is 1. The van der Waals surface area contributed by atoms with Gasteiger partial charge in [-0.05, 0) is 30.3 Å². The molecule has 10 heteroatoms. The van der Waals surface area contributed by atoms with E-state index in [0.29, 0.717) is 54.2 Å². The molecule has 0 aliphatic carbocycles. The predicted octanol–water partition coefficient (Wildman–Crippen LogP) is 2.04. The first-order valence-electron chi connectivity index (χ1n) is 10.8. The van der Waals surface area contributed by atoms with Gasteiger partial charge in [0.15, 0.2) is 11.5 Å². The first kappa shape index (κ1) is 21.4. The van der Waals surface area contributed by atoms with E-state index < -0.39 is 5.92 Å². The normalized spacial score (nSPS) is 20.0. The minimum Gasteiger partial charge on any atom is -0.486 e. The number of carbonyl (C=O) groups is 3. The van der Waals surface area contributed by atoms with Crippen molar-refractivity contribution < 1.29 is 23.9 Å². The van der Waals surface area contributed by atoms with Gasteiger partial charge >= 0.3 is 0 Å². The van der Waals surface area contributed by atoms with E-state index in [9.17, 15) is 14.4 Å². The van der Waals surface area contributed by atoms with Crippen molar-refractivity contribution >= 4 is 46.4 Å². The number of hydrogen-bond donors (Lipinski definition) is 2. The number of rotatable bonds is 4. The van der Waals surface area contributed by atoms with Crippen LogP contribution in [0.1, 0.15) is 6.42 Å². The lowest BCUT2D eigenvalue weighted by Crippen LogP contribution is -2.47. The Labute approximate surface area is 195 Å². The van der Waals surface area contributed by atoms with Crippen LogP contribution in [-0.2, 0) is 14.4 Å². The Morgan fingerprint density at radius 2 is 1.91 bits per heavy atom. The Hall–Kier alpha value is -3.46. The Morgan fingerprint density at radius 1 is 1.09 bits per heavy atom. The maximum absolute atomic E-state index is 12.9. The van der Waals surface area contributed by atoms with Crippen molar-refractivity contribution in [1.29, 1.82) is 0 Å². The van der Waals surface area contributed by atoms with Gasteiger partial charge in [-0.15, -0.1) is 0 Å².